The van der Waals surface area contributed by atoms with Crippen LogP contribution in [0.5, 0.6) is 5.75 Å². The lowest BCUT2D eigenvalue weighted by molar-refractivity contribution is -0.123. The van der Waals surface area contributed by atoms with Crippen molar-refractivity contribution in [1.82, 2.24) is 10.2 Å². The average Bonchev–Trinajstić information content (AvgIpc) is 2.86. The Morgan fingerprint density at radius 3 is 2.45 bits per heavy atom. The molecular weight excluding hydrogens is 412 g/mol. The molecule has 0 unspecified atom stereocenters. The summed E-state index contributed by atoms with van der Waals surface area (Å²) in [4.78, 5) is 17.5. The van der Waals surface area contributed by atoms with E-state index in [1.807, 2.05) is 24.1 Å². The zero-order valence-corrected chi connectivity index (χ0v) is 19.7. The van der Waals surface area contributed by atoms with E-state index in [0.29, 0.717) is 5.56 Å². The lowest BCUT2D eigenvalue weighted by Crippen LogP contribution is -2.43. The Hall–Kier alpha value is -2.88. The van der Waals surface area contributed by atoms with Gasteiger partial charge in [-0.25, -0.2) is 0 Å². The number of nitrogens with one attached hydrogen (secondary N) is 1. The van der Waals surface area contributed by atoms with Crippen molar-refractivity contribution in [2.45, 2.75) is 45.3 Å². The minimum atomic E-state index is 0.0386. The van der Waals surface area contributed by atoms with Gasteiger partial charge < -0.3 is 15.0 Å². The predicted molar refractivity (Wildman–Crippen MR) is 130 cm³/mol. The molecule has 1 aliphatic heterocycles. The number of hydrogen-bond donors (Lipinski definition) is 1. The lowest BCUT2D eigenvalue weighted by atomic mass is 9.86. The number of nitriles is 1. The molecule has 1 aliphatic carbocycles. The second-order valence-electron chi connectivity index (χ2n) is 9.26. The Balaban J connectivity index is 1.30. The summed E-state index contributed by atoms with van der Waals surface area (Å²) < 4.78 is 6.08. The highest BCUT2D eigenvalue weighted by Crippen LogP contribution is 2.30. The molecule has 2 aromatic rings. The van der Waals surface area contributed by atoms with Gasteiger partial charge in [-0.2, -0.15) is 5.26 Å². The van der Waals surface area contributed by atoms with Gasteiger partial charge in [-0.1, -0.05) is 6.07 Å². The third-order valence-electron chi connectivity index (χ3n) is 6.96. The molecule has 0 aromatic heterocycles. The molecule has 174 valence electrons. The van der Waals surface area contributed by atoms with Crippen LogP contribution in [-0.2, 0) is 11.3 Å². The van der Waals surface area contributed by atoms with Gasteiger partial charge in [-0.05, 0) is 80.1 Å². The van der Waals surface area contributed by atoms with E-state index in [1.54, 1.807) is 12.1 Å². The summed E-state index contributed by atoms with van der Waals surface area (Å²) in [5.41, 5.74) is 4.18. The number of amides is 1. The van der Waals surface area contributed by atoms with E-state index in [9.17, 15) is 4.79 Å². The molecule has 0 spiro atoms. The molecule has 0 atom stereocenters. The van der Waals surface area contributed by atoms with Gasteiger partial charge in [-0.15, -0.1) is 0 Å². The molecule has 4 rings (SSSR count). The molecule has 1 heterocycles. The van der Waals surface area contributed by atoms with Crippen LogP contribution in [0.25, 0.3) is 0 Å². The fourth-order valence-corrected chi connectivity index (χ4v) is 4.81. The molecule has 6 nitrogen and oxygen atoms in total. The first kappa shape index (κ1) is 23.3. The van der Waals surface area contributed by atoms with Crippen LogP contribution in [0, 0.1) is 24.2 Å². The topological polar surface area (TPSA) is 68.6 Å². The monoisotopic (exact) mass is 446 g/mol. The molecule has 6 heteroatoms. The molecule has 1 amide bonds. The van der Waals surface area contributed by atoms with Crippen LogP contribution < -0.4 is 15.0 Å². The van der Waals surface area contributed by atoms with Crippen molar-refractivity contribution in [2.75, 3.05) is 38.1 Å². The Labute approximate surface area is 197 Å². The fraction of sp³-hybridized carbons (Fsp3) is 0.481. The van der Waals surface area contributed by atoms with E-state index in [2.05, 4.69) is 41.4 Å². The van der Waals surface area contributed by atoms with Gasteiger partial charge >= 0.3 is 0 Å². The third kappa shape index (κ3) is 5.93. The Morgan fingerprint density at radius 1 is 1.12 bits per heavy atom. The van der Waals surface area contributed by atoms with Crippen LogP contribution in [-0.4, -0.2) is 50.1 Å². The van der Waals surface area contributed by atoms with Gasteiger partial charge in [0.1, 0.15) is 5.75 Å². The highest BCUT2D eigenvalue weighted by molar-refractivity contribution is 5.94. The molecule has 2 aliphatic rings. The summed E-state index contributed by atoms with van der Waals surface area (Å²) in [5, 5.41) is 12.3. The van der Waals surface area contributed by atoms with Crippen LogP contribution >= 0.6 is 0 Å². The highest BCUT2D eigenvalue weighted by Gasteiger charge is 2.29. The fourth-order valence-electron chi connectivity index (χ4n) is 4.81. The molecule has 1 saturated carbocycles. The SMILES string of the molecule is Cc1cc(N(C)C(=O)C2CCC(Oc3ccc(C#N)cc3)CC2)ccc1CN1CCNCC1. The van der Waals surface area contributed by atoms with E-state index < -0.39 is 0 Å². The van der Waals surface area contributed by atoms with Gasteiger partial charge in [0.2, 0.25) is 5.91 Å². The van der Waals surface area contributed by atoms with Crippen molar-refractivity contribution >= 4 is 11.6 Å². The highest BCUT2D eigenvalue weighted by atomic mass is 16.5. The summed E-state index contributed by atoms with van der Waals surface area (Å²) >= 11 is 0. The van der Waals surface area contributed by atoms with Crippen LogP contribution in [0.3, 0.4) is 0 Å². The summed E-state index contributed by atoms with van der Waals surface area (Å²) in [7, 11) is 1.90. The van der Waals surface area contributed by atoms with Crippen molar-refractivity contribution < 1.29 is 9.53 Å². The van der Waals surface area contributed by atoms with Crippen molar-refractivity contribution in [2.24, 2.45) is 5.92 Å². The van der Waals surface area contributed by atoms with Crippen molar-refractivity contribution in [3.8, 4) is 11.8 Å². The van der Waals surface area contributed by atoms with Crippen LogP contribution in [0.4, 0.5) is 5.69 Å². The average molecular weight is 447 g/mol. The standard InChI is InChI=1S/C27H34N4O2/c1-20-17-24(8-5-23(20)19-31-15-13-29-14-16-31)30(2)27(32)22-6-11-26(12-7-22)33-25-9-3-21(18-28)4-10-25/h3-5,8-10,17,22,26,29H,6-7,11-16,19H2,1-2H3. The number of rotatable bonds is 6. The second kappa shape index (κ2) is 10.8. The maximum absolute atomic E-state index is 13.2. The minimum Gasteiger partial charge on any atom is -0.490 e. The molecule has 1 saturated heterocycles. The van der Waals surface area contributed by atoms with E-state index in [-0.39, 0.29) is 17.9 Å². The smallest absolute Gasteiger partial charge is 0.229 e. The molecule has 2 aromatic carbocycles. The molecular formula is C27H34N4O2. The Morgan fingerprint density at radius 2 is 1.82 bits per heavy atom. The third-order valence-corrected chi connectivity index (χ3v) is 6.96. The second-order valence-corrected chi connectivity index (χ2v) is 9.26. The van der Waals surface area contributed by atoms with Crippen LogP contribution in [0.1, 0.15) is 42.4 Å². The molecule has 1 N–H and O–H groups in total. The molecule has 33 heavy (non-hydrogen) atoms. The first-order valence-corrected chi connectivity index (χ1v) is 12.0. The maximum atomic E-state index is 13.2. The number of benzene rings is 2. The number of carbonyl (C=O) groups excluding carboxylic acids is 1. The summed E-state index contributed by atoms with van der Waals surface area (Å²) in [5.74, 6) is 1.02. The van der Waals surface area contributed by atoms with Crippen LogP contribution in [0.2, 0.25) is 0 Å². The summed E-state index contributed by atoms with van der Waals surface area (Å²) in [6.45, 7) is 7.37. The van der Waals surface area contributed by atoms with E-state index in [0.717, 1.165) is 69.8 Å². The number of hydrogen-bond acceptors (Lipinski definition) is 5. The maximum Gasteiger partial charge on any atom is 0.229 e. The van der Waals surface area contributed by atoms with Crippen LogP contribution in [0.15, 0.2) is 42.5 Å². The van der Waals surface area contributed by atoms with E-state index in [1.165, 1.54) is 11.1 Å². The number of aryl methyl sites for hydroxylation is 1. The van der Waals surface area contributed by atoms with Gasteiger partial charge in [0.15, 0.2) is 0 Å². The van der Waals surface area contributed by atoms with Crippen molar-refractivity contribution in [3.05, 3.63) is 59.2 Å². The van der Waals surface area contributed by atoms with Gasteiger partial charge in [0, 0.05) is 51.4 Å². The number of carbonyl (C=O) groups is 1. The number of piperazine rings is 1. The zero-order valence-electron chi connectivity index (χ0n) is 19.7. The van der Waals surface area contributed by atoms with Crippen molar-refractivity contribution in [1.29, 1.82) is 5.26 Å². The van der Waals surface area contributed by atoms with E-state index >= 15 is 0 Å². The van der Waals surface area contributed by atoms with Gasteiger partial charge in [-0.3, -0.25) is 9.69 Å². The largest absolute Gasteiger partial charge is 0.490 e. The minimum absolute atomic E-state index is 0.0386. The lowest BCUT2D eigenvalue weighted by Gasteiger charge is -2.31. The first-order chi connectivity index (χ1) is 16.0. The number of anilines is 1. The predicted octanol–water partition coefficient (Wildman–Crippen LogP) is 3.87. The first-order valence-electron chi connectivity index (χ1n) is 12.0. The van der Waals surface area contributed by atoms with E-state index in [4.69, 9.17) is 10.00 Å². The zero-order chi connectivity index (χ0) is 23.2. The van der Waals surface area contributed by atoms with Gasteiger partial charge in [0.05, 0.1) is 17.7 Å². The summed E-state index contributed by atoms with van der Waals surface area (Å²) in [6, 6.07) is 15.8. The number of nitrogens with zero attached hydrogens (tertiary/aromatic N) is 3. The Kier molecular flexibility index (Phi) is 7.64. The molecule has 2 fully saturated rings. The Bertz CT molecular complexity index is 984. The number of ether oxygens (including phenoxy) is 1. The summed E-state index contributed by atoms with van der Waals surface area (Å²) in [6.07, 6.45) is 3.53. The van der Waals surface area contributed by atoms with Crippen molar-refractivity contribution in [3.63, 3.8) is 0 Å². The normalized spacial score (nSPS) is 21.2. The van der Waals surface area contributed by atoms with Gasteiger partial charge in [0.25, 0.3) is 0 Å². The quantitative estimate of drug-likeness (QED) is 0.730. The molecule has 0 bridgehead atoms. The molecule has 0 radical (unpaired) electrons.